The molecule has 0 saturated carbocycles. The summed E-state index contributed by atoms with van der Waals surface area (Å²) >= 11 is 3.12. The number of fused-ring (bicyclic) bond motifs is 2. The Labute approximate surface area is 119 Å². The summed E-state index contributed by atoms with van der Waals surface area (Å²) in [6.07, 6.45) is 0. The summed E-state index contributed by atoms with van der Waals surface area (Å²) < 4.78 is 20.1. The van der Waals surface area contributed by atoms with E-state index in [-0.39, 0.29) is 16.3 Å². The molecular formula is C13H13BrFN3O. The topological polar surface area (TPSA) is 48.3 Å². The van der Waals surface area contributed by atoms with Crippen molar-refractivity contribution in [3.63, 3.8) is 0 Å². The molecule has 1 N–H and O–H groups in total. The van der Waals surface area contributed by atoms with E-state index in [2.05, 4.69) is 26.1 Å². The minimum atomic E-state index is -0.471. The first-order chi connectivity index (χ1) is 9.20. The molecule has 2 heterocycles. The van der Waals surface area contributed by atoms with Crippen molar-refractivity contribution < 1.29 is 9.13 Å². The zero-order valence-corrected chi connectivity index (χ0v) is 11.8. The summed E-state index contributed by atoms with van der Waals surface area (Å²) in [4.78, 5) is 2.27. The van der Waals surface area contributed by atoms with Crippen LogP contribution in [0, 0.1) is 17.1 Å². The van der Waals surface area contributed by atoms with Gasteiger partial charge in [-0.15, -0.1) is 0 Å². The average Bonchev–Trinajstić information content (AvgIpc) is 2.61. The molecule has 0 aliphatic carbocycles. The summed E-state index contributed by atoms with van der Waals surface area (Å²) in [5, 5.41) is 12.3. The van der Waals surface area contributed by atoms with Gasteiger partial charge in [0, 0.05) is 31.7 Å². The van der Waals surface area contributed by atoms with Crippen LogP contribution >= 0.6 is 15.9 Å². The maximum absolute atomic E-state index is 14.2. The Bertz CT molecular complexity index is 558. The molecule has 0 amide bonds. The number of nitrogens with one attached hydrogen (secondary N) is 1. The third-order valence-electron chi connectivity index (χ3n) is 3.62. The molecule has 1 atom stereocenters. The molecule has 2 aliphatic heterocycles. The van der Waals surface area contributed by atoms with Crippen LogP contribution < -0.4 is 10.1 Å². The van der Waals surface area contributed by atoms with Gasteiger partial charge in [0.25, 0.3) is 0 Å². The monoisotopic (exact) mass is 325 g/mol. The van der Waals surface area contributed by atoms with Crippen molar-refractivity contribution in [2.75, 3.05) is 26.2 Å². The lowest BCUT2D eigenvalue weighted by Gasteiger charge is -2.33. The number of hydrogen-bond donors (Lipinski definition) is 1. The molecule has 100 valence electrons. The SMILES string of the molecule is N#Cc1cc2c(c(F)c1Br)OC[C@H]1CNCCN1C2. The number of nitriles is 1. The second-order valence-corrected chi connectivity index (χ2v) is 5.58. The maximum atomic E-state index is 14.2. The van der Waals surface area contributed by atoms with Crippen molar-refractivity contribution >= 4 is 15.9 Å². The predicted molar refractivity (Wildman–Crippen MR) is 71.4 cm³/mol. The van der Waals surface area contributed by atoms with Gasteiger partial charge in [0.05, 0.1) is 16.1 Å². The van der Waals surface area contributed by atoms with Crippen molar-refractivity contribution in [2.45, 2.75) is 12.6 Å². The highest BCUT2D eigenvalue weighted by Crippen LogP contribution is 2.35. The maximum Gasteiger partial charge on any atom is 0.180 e. The molecule has 1 aromatic rings. The van der Waals surface area contributed by atoms with Crippen LogP contribution in [0.4, 0.5) is 4.39 Å². The van der Waals surface area contributed by atoms with Crippen LogP contribution in [0.1, 0.15) is 11.1 Å². The van der Waals surface area contributed by atoms with Crippen molar-refractivity contribution in [3.05, 3.63) is 27.5 Å². The number of piperazine rings is 1. The molecule has 0 unspecified atom stereocenters. The molecule has 2 aliphatic rings. The van der Waals surface area contributed by atoms with E-state index in [1.54, 1.807) is 6.07 Å². The molecule has 1 saturated heterocycles. The number of nitrogens with zero attached hydrogens (tertiary/aromatic N) is 2. The number of ether oxygens (including phenoxy) is 1. The van der Waals surface area contributed by atoms with E-state index in [1.165, 1.54) is 0 Å². The highest BCUT2D eigenvalue weighted by Gasteiger charge is 2.29. The first kappa shape index (κ1) is 12.9. The predicted octanol–water partition coefficient (Wildman–Crippen LogP) is 1.63. The molecule has 0 bridgehead atoms. The van der Waals surface area contributed by atoms with Crippen LogP contribution in [-0.4, -0.2) is 37.2 Å². The molecular weight excluding hydrogens is 313 g/mol. The van der Waals surface area contributed by atoms with Crippen molar-refractivity contribution in [1.82, 2.24) is 10.2 Å². The van der Waals surface area contributed by atoms with Crippen LogP contribution in [0.15, 0.2) is 10.5 Å². The normalized spacial score (nSPS) is 22.7. The summed E-state index contributed by atoms with van der Waals surface area (Å²) in [6, 6.07) is 3.98. The molecule has 6 heteroatoms. The quantitative estimate of drug-likeness (QED) is 0.787. The van der Waals surface area contributed by atoms with Crippen LogP contribution in [0.5, 0.6) is 5.75 Å². The lowest BCUT2D eigenvalue weighted by molar-refractivity contribution is 0.119. The Balaban J connectivity index is 2.03. The van der Waals surface area contributed by atoms with Gasteiger partial charge in [-0.25, -0.2) is 4.39 Å². The molecule has 1 fully saturated rings. The zero-order chi connectivity index (χ0) is 13.4. The lowest BCUT2D eigenvalue weighted by Crippen LogP contribution is -2.52. The number of halogens is 2. The third-order valence-corrected chi connectivity index (χ3v) is 4.40. The highest BCUT2D eigenvalue weighted by molar-refractivity contribution is 9.10. The Kier molecular flexibility index (Phi) is 3.44. The van der Waals surface area contributed by atoms with Gasteiger partial charge >= 0.3 is 0 Å². The minimum Gasteiger partial charge on any atom is -0.488 e. The Hall–Kier alpha value is -1.16. The number of benzene rings is 1. The van der Waals surface area contributed by atoms with Gasteiger partial charge in [-0.2, -0.15) is 5.26 Å². The lowest BCUT2D eigenvalue weighted by atomic mass is 10.1. The van der Waals surface area contributed by atoms with Gasteiger partial charge < -0.3 is 10.1 Å². The molecule has 4 nitrogen and oxygen atoms in total. The molecule has 1 aromatic carbocycles. The van der Waals surface area contributed by atoms with E-state index in [4.69, 9.17) is 10.00 Å². The van der Waals surface area contributed by atoms with Gasteiger partial charge in [-0.1, -0.05) is 0 Å². The van der Waals surface area contributed by atoms with Gasteiger partial charge in [-0.05, 0) is 22.0 Å². The Morgan fingerprint density at radius 3 is 3.21 bits per heavy atom. The van der Waals surface area contributed by atoms with E-state index < -0.39 is 5.82 Å². The Morgan fingerprint density at radius 1 is 1.58 bits per heavy atom. The summed E-state index contributed by atoms with van der Waals surface area (Å²) in [5.41, 5.74) is 1.06. The molecule has 3 rings (SSSR count). The van der Waals surface area contributed by atoms with Gasteiger partial charge in [0.1, 0.15) is 12.7 Å². The summed E-state index contributed by atoms with van der Waals surface area (Å²) in [6.45, 7) is 3.78. The first-order valence-corrected chi connectivity index (χ1v) is 6.98. The molecule has 0 radical (unpaired) electrons. The fourth-order valence-corrected chi connectivity index (χ4v) is 2.97. The van der Waals surface area contributed by atoms with E-state index in [1.807, 2.05) is 6.07 Å². The van der Waals surface area contributed by atoms with Gasteiger partial charge in [0.15, 0.2) is 11.6 Å². The van der Waals surface area contributed by atoms with Crippen LogP contribution in [0.3, 0.4) is 0 Å². The van der Waals surface area contributed by atoms with E-state index >= 15 is 0 Å². The Morgan fingerprint density at radius 2 is 2.42 bits per heavy atom. The van der Waals surface area contributed by atoms with Crippen molar-refractivity contribution in [3.8, 4) is 11.8 Å². The molecule has 0 spiro atoms. The fourth-order valence-electron chi connectivity index (χ4n) is 2.59. The van der Waals surface area contributed by atoms with Crippen molar-refractivity contribution in [1.29, 1.82) is 5.26 Å². The van der Waals surface area contributed by atoms with E-state index in [0.29, 0.717) is 18.7 Å². The summed E-state index contributed by atoms with van der Waals surface area (Å²) in [5.74, 6) is -0.192. The number of rotatable bonds is 0. The van der Waals surface area contributed by atoms with E-state index in [9.17, 15) is 4.39 Å². The van der Waals surface area contributed by atoms with Gasteiger partial charge in [-0.3, -0.25) is 4.90 Å². The zero-order valence-electron chi connectivity index (χ0n) is 10.2. The fraction of sp³-hybridized carbons (Fsp3) is 0.462. The molecule has 0 aromatic heterocycles. The smallest absolute Gasteiger partial charge is 0.180 e. The average molecular weight is 326 g/mol. The van der Waals surface area contributed by atoms with Crippen molar-refractivity contribution in [2.24, 2.45) is 0 Å². The highest BCUT2D eigenvalue weighted by atomic mass is 79.9. The minimum absolute atomic E-state index is 0.187. The van der Waals surface area contributed by atoms with Crippen LogP contribution in [0.2, 0.25) is 0 Å². The van der Waals surface area contributed by atoms with Crippen LogP contribution in [0.25, 0.3) is 0 Å². The third kappa shape index (κ3) is 2.22. The second-order valence-electron chi connectivity index (χ2n) is 4.79. The largest absolute Gasteiger partial charge is 0.488 e. The van der Waals surface area contributed by atoms with Gasteiger partial charge in [0.2, 0.25) is 0 Å². The van der Waals surface area contributed by atoms with E-state index in [0.717, 1.165) is 25.2 Å². The number of hydrogen-bond acceptors (Lipinski definition) is 4. The molecule has 19 heavy (non-hydrogen) atoms. The summed E-state index contributed by atoms with van der Waals surface area (Å²) in [7, 11) is 0. The van der Waals surface area contributed by atoms with Crippen LogP contribution in [-0.2, 0) is 6.54 Å². The first-order valence-electron chi connectivity index (χ1n) is 6.19. The second kappa shape index (κ2) is 5.08. The standard InChI is InChI=1S/C13H13BrFN3O/c14-11-8(4-16)3-9-6-18-2-1-17-5-10(18)7-19-13(9)12(11)15/h3,10,17H,1-2,5-7H2/t10-/m1/s1.